The van der Waals surface area contributed by atoms with Gasteiger partial charge in [0.05, 0.1) is 11.9 Å². The zero-order valence-corrected chi connectivity index (χ0v) is 28.5. The van der Waals surface area contributed by atoms with Crippen LogP contribution in [-0.4, -0.2) is 106 Å². The molecule has 0 aliphatic carbocycles. The van der Waals surface area contributed by atoms with Gasteiger partial charge in [0.1, 0.15) is 25.2 Å². The topological polar surface area (TPSA) is 323 Å². The summed E-state index contributed by atoms with van der Waals surface area (Å²) in [5.41, 5.74) is 10.6. The second-order valence-electron chi connectivity index (χ2n) is 7.96. The maximum atomic E-state index is 12.4. The monoisotopic (exact) mass is 656 g/mol. The molecule has 0 unspecified atom stereocenters. The van der Waals surface area contributed by atoms with Crippen molar-refractivity contribution in [1.29, 1.82) is 0 Å². The van der Waals surface area contributed by atoms with Crippen LogP contribution in [-0.2, 0) is 38.4 Å². The number of nitrogens with two attached hydrogens (primary N) is 2. The molecule has 0 rings (SSSR count). The van der Waals surface area contributed by atoms with Crippen molar-refractivity contribution in [3.8, 4) is 0 Å². The van der Waals surface area contributed by atoms with E-state index >= 15 is 0 Å². The third kappa shape index (κ3) is 22.0. The van der Waals surface area contributed by atoms with Crippen LogP contribution in [0.4, 0.5) is 0 Å². The van der Waals surface area contributed by atoms with Crippen molar-refractivity contribution in [2.45, 2.75) is 49.9 Å². The number of rotatable bonds is 21. The van der Waals surface area contributed by atoms with E-state index in [9.17, 15) is 48.6 Å². The van der Waals surface area contributed by atoms with Gasteiger partial charge in [-0.2, -0.15) is 0 Å². The molecular formula is C20H30N6Na2O12S2. The van der Waals surface area contributed by atoms with Crippen LogP contribution in [0.1, 0.15) is 25.7 Å². The molecule has 18 nitrogen and oxygen atoms in total. The Morgan fingerprint density at radius 1 is 0.643 bits per heavy atom. The molecule has 22 heteroatoms. The summed E-state index contributed by atoms with van der Waals surface area (Å²) < 4.78 is 0. The minimum Gasteiger partial charge on any atom is -0.548 e. The van der Waals surface area contributed by atoms with Crippen LogP contribution in [0.15, 0.2) is 0 Å². The van der Waals surface area contributed by atoms with Crippen LogP contribution >= 0.6 is 21.6 Å². The zero-order chi connectivity index (χ0) is 30.8. The van der Waals surface area contributed by atoms with Gasteiger partial charge in [0, 0.05) is 36.4 Å². The Hall–Kier alpha value is -1.62. The minimum absolute atomic E-state index is 0. The molecule has 0 aromatic heterocycles. The van der Waals surface area contributed by atoms with Crippen molar-refractivity contribution in [3.63, 3.8) is 0 Å². The number of aliphatic carboxylic acids is 4. The maximum Gasteiger partial charge on any atom is 1.00 e. The fourth-order valence-electron chi connectivity index (χ4n) is 2.51. The van der Waals surface area contributed by atoms with Gasteiger partial charge < -0.3 is 62.7 Å². The molecule has 0 aromatic rings. The number of carboxylic acid groups (broad SMARTS) is 4. The summed E-state index contributed by atoms with van der Waals surface area (Å²) in [4.78, 5) is 91.9. The molecule has 10 N–H and O–H groups in total. The number of carboxylic acids is 4. The Labute approximate surface area is 291 Å². The first-order valence-electron chi connectivity index (χ1n) is 11.4. The van der Waals surface area contributed by atoms with E-state index in [1.807, 2.05) is 0 Å². The minimum atomic E-state index is -1.58. The van der Waals surface area contributed by atoms with Crippen LogP contribution < -0.4 is 102 Å². The first-order valence-corrected chi connectivity index (χ1v) is 13.9. The van der Waals surface area contributed by atoms with E-state index in [-0.39, 0.29) is 96.3 Å². The molecule has 0 radical (unpaired) electrons. The van der Waals surface area contributed by atoms with Crippen LogP contribution in [0.5, 0.6) is 0 Å². The summed E-state index contributed by atoms with van der Waals surface area (Å²) >= 11 is 0. The third-order valence-electron chi connectivity index (χ3n) is 4.65. The quantitative estimate of drug-likeness (QED) is 0.0323. The first kappa shape index (κ1) is 44.8. The molecule has 0 saturated carbocycles. The van der Waals surface area contributed by atoms with Gasteiger partial charge in [0.25, 0.3) is 0 Å². The van der Waals surface area contributed by atoms with E-state index in [4.69, 9.17) is 21.7 Å². The molecule has 4 amide bonds. The Bertz CT molecular complexity index is 891. The smallest absolute Gasteiger partial charge is 0.548 e. The van der Waals surface area contributed by atoms with Gasteiger partial charge >= 0.3 is 71.1 Å². The molecule has 0 aromatic carbocycles. The molecule has 0 heterocycles. The summed E-state index contributed by atoms with van der Waals surface area (Å²) in [6.07, 6.45) is -1.34. The molecule has 42 heavy (non-hydrogen) atoms. The van der Waals surface area contributed by atoms with Crippen molar-refractivity contribution < 1.29 is 118 Å². The third-order valence-corrected chi connectivity index (χ3v) is 7.08. The molecule has 0 bridgehead atoms. The second-order valence-corrected chi connectivity index (χ2v) is 10.5. The number of amides is 4. The van der Waals surface area contributed by atoms with Crippen molar-refractivity contribution in [1.82, 2.24) is 21.3 Å². The molecular weight excluding hydrogens is 626 g/mol. The molecule has 4 atom stereocenters. The Balaban J connectivity index is -0.00000760. The van der Waals surface area contributed by atoms with Crippen molar-refractivity contribution in [2.24, 2.45) is 11.5 Å². The Kier molecular flexibility index (Phi) is 26.4. The van der Waals surface area contributed by atoms with Crippen molar-refractivity contribution >= 4 is 69.1 Å². The van der Waals surface area contributed by atoms with Crippen molar-refractivity contribution in [2.75, 3.05) is 24.6 Å². The van der Waals surface area contributed by atoms with Gasteiger partial charge in [-0.05, 0) is 12.8 Å². The fraction of sp³-hybridized carbons (Fsp3) is 0.600. The van der Waals surface area contributed by atoms with Gasteiger partial charge in [-0.1, -0.05) is 21.6 Å². The average molecular weight is 657 g/mol. The molecule has 0 aliphatic heterocycles. The van der Waals surface area contributed by atoms with Gasteiger partial charge in [0.15, 0.2) is 0 Å². The van der Waals surface area contributed by atoms with E-state index in [0.29, 0.717) is 0 Å². The average Bonchev–Trinajstić information content (AvgIpc) is 2.87. The van der Waals surface area contributed by atoms with E-state index in [0.717, 1.165) is 21.6 Å². The number of nitrogens with one attached hydrogen (secondary N) is 4. The molecule has 0 spiro atoms. The molecule has 0 aliphatic rings. The number of hydrogen-bond donors (Lipinski definition) is 8. The number of carbonyl (C=O) groups excluding carboxylic acids is 6. The molecule has 0 fully saturated rings. The van der Waals surface area contributed by atoms with E-state index in [2.05, 4.69) is 21.3 Å². The van der Waals surface area contributed by atoms with Gasteiger partial charge in [-0.25, -0.2) is 0 Å². The summed E-state index contributed by atoms with van der Waals surface area (Å²) in [7, 11) is 1.85. The van der Waals surface area contributed by atoms with Gasteiger partial charge in [0.2, 0.25) is 23.6 Å². The number of hydrogen-bond acceptors (Lipinski definition) is 14. The van der Waals surface area contributed by atoms with Crippen LogP contribution in [0.3, 0.4) is 0 Å². The standard InChI is InChI=1S/C20H32N6O12S2.2Na/c21-9(19(35)36)1-3-13(27)25-11(17(33)23-5-15(29)30)7-39-40-8-12(18(34)24-6-16(31)32)26-14(28)4-2-10(22)20(37)38;;/h9-12H,1-8,21-22H2,(H,23,33)(H,24,34)(H,25,27)(H,26,28)(H,29,30)(H,31,32)(H,35,36)(H,37,38);;/q;2*+1/p-2/t9-,10-,11-,12-;;/m0../s1. The summed E-state index contributed by atoms with van der Waals surface area (Å²) in [6.45, 7) is -1.50. The number of carbonyl (C=O) groups is 8. The zero-order valence-electron chi connectivity index (χ0n) is 22.9. The fourth-order valence-corrected chi connectivity index (χ4v) is 4.84. The summed E-state index contributed by atoms with van der Waals surface area (Å²) in [5.74, 6) is -9.48. The predicted octanol–water partition coefficient (Wildman–Crippen LogP) is -12.5. The van der Waals surface area contributed by atoms with Crippen LogP contribution in [0, 0.1) is 0 Å². The Morgan fingerprint density at radius 2 is 0.952 bits per heavy atom. The first-order chi connectivity index (χ1) is 18.6. The molecule has 0 saturated heterocycles. The predicted molar refractivity (Wildman–Crippen MR) is 135 cm³/mol. The second kappa shape index (κ2) is 24.8. The van der Waals surface area contributed by atoms with E-state index in [1.165, 1.54) is 0 Å². The summed E-state index contributed by atoms with van der Waals surface area (Å²) in [5, 5.41) is 47.7. The van der Waals surface area contributed by atoms with E-state index < -0.39 is 84.8 Å². The Morgan fingerprint density at radius 3 is 1.21 bits per heavy atom. The van der Waals surface area contributed by atoms with Crippen LogP contribution in [0.2, 0.25) is 0 Å². The van der Waals surface area contributed by atoms with Gasteiger partial charge in [-0.3, -0.25) is 28.8 Å². The van der Waals surface area contributed by atoms with Crippen molar-refractivity contribution in [3.05, 3.63) is 0 Å². The normalized spacial score (nSPS) is 12.9. The van der Waals surface area contributed by atoms with Crippen LogP contribution in [0.25, 0.3) is 0 Å². The SMILES string of the molecule is N[C@@H](CCC(=O)N[C@@H](CSSC[C@H](NC(=O)CC[C@H](N)C(=O)[O-])C(=O)NCC(=O)O)C(=O)NCC(=O)O)C(=O)[O-].[Na+].[Na+]. The van der Waals surface area contributed by atoms with Gasteiger partial charge in [-0.15, -0.1) is 0 Å². The maximum absolute atomic E-state index is 12.4. The summed E-state index contributed by atoms with van der Waals surface area (Å²) in [6, 6.07) is -5.43. The molecule has 226 valence electrons. The largest absolute Gasteiger partial charge is 1.00 e. The van der Waals surface area contributed by atoms with E-state index in [1.54, 1.807) is 0 Å².